The van der Waals surface area contributed by atoms with Gasteiger partial charge in [-0.25, -0.2) is 0 Å². The van der Waals surface area contributed by atoms with Crippen LogP contribution in [0.5, 0.6) is 0 Å². The molecule has 1 N–H and O–H groups in total. The quantitative estimate of drug-likeness (QED) is 0.901. The molecule has 4 nitrogen and oxygen atoms in total. The predicted molar refractivity (Wildman–Crippen MR) is 84.0 cm³/mol. The first kappa shape index (κ1) is 17.2. The van der Waals surface area contributed by atoms with Crippen molar-refractivity contribution in [1.29, 1.82) is 0 Å². The summed E-state index contributed by atoms with van der Waals surface area (Å²) in [5, 5.41) is 8.16. The number of hydrogen-bond donors (Lipinski definition) is 1. The molecular weight excluding hydrogens is 250 g/mol. The van der Waals surface area contributed by atoms with Crippen molar-refractivity contribution in [3.63, 3.8) is 0 Å². The van der Waals surface area contributed by atoms with E-state index in [4.69, 9.17) is 4.74 Å². The summed E-state index contributed by atoms with van der Waals surface area (Å²) in [4.78, 5) is 0. The standard InChI is InChI=1S/C16H31N3O/c1-12-14(11-17-15(3,4)5)13(2)19(18-12)9-10-20-16(6,7)8/h17H,9-11H2,1-8H3. The maximum atomic E-state index is 5.78. The van der Waals surface area contributed by atoms with Gasteiger partial charge in [0.25, 0.3) is 0 Å². The van der Waals surface area contributed by atoms with E-state index in [1.807, 2.05) is 0 Å². The van der Waals surface area contributed by atoms with Crippen LogP contribution in [0.3, 0.4) is 0 Å². The van der Waals surface area contributed by atoms with Crippen molar-refractivity contribution >= 4 is 0 Å². The van der Waals surface area contributed by atoms with E-state index in [0.717, 1.165) is 18.8 Å². The molecule has 0 radical (unpaired) electrons. The molecule has 0 unspecified atom stereocenters. The van der Waals surface area contributed by atoms with Crippen LogP contribution in [0.4, 0.5) is 0 Å². The molecule has 0 saturated heterocycles. The van der Waals surface area contributed by atoms with Gasteiger partial charge >= 0.3 is 0 Å². The molecule has 0 aliphatic rings. The number of nitrogens with zero attached hydrogens (tertiary/aromatic N) is 2. The lowest BCUT2D eigenvalue weighted by Gasteiger charge is -2.21. The number of aromatic nitrogens is 2. The van der Waals surface area contributed by atoms with Gasteiger partial charge in [-0.15, -0.1) is 0 Å². The summed E-state index contributed by atoms with van der Waals surface area (Å²) < 4.78 is 7.83. The summed E-state index contributed by atoms with van der Waals surface area (Å²) in [6.45, 7) is 19.3. The molecule has 0 spiro atoms. The van der Waals surface area contributed by atoms with E-state index in [0.29, 0.717) is 6.61 Å². The van der Waals surface area contributed by atoms with Crippen molar-refractivity contribution in [1.82, 2.24) is 15.1 Å². The van der Waals surface area contributed by atoms with Crippen LogP contribution in [0.2, 0.25) is 0 Å². The fourth-order valence-corrected chi connectivity index (χ4v) is 2.00. The third-order valence-corrected chi connectivity index (χ3v) is 3.17. The molecule has 0 aliphatic carbocycles. The summed E-state index contributed by atoms with van der Waals surface area (Å²) in [7, 11) is 0. The van der Waals surface area contributed by atoms with Gasteiger partial charge in [-0.2, -0.15) is 5.10 Å². The van der Waals surface area contributed by atoms with Crippen molar-refractivity contribution in [2.45, 2.75) is 79.6 Å². The molecule has 0 fully saturated rings. The average molecular weight is 281 g/mol. The third-order valence-electron chi connectivity index (χ3n) is 3.17. The maximum Gasteiger partial charge on any atom is 0.0669 e. The van der Waals surface area contributed by atoms with Crippen LogP contribution in [-0.2, 0) is 17.8 Å². The highest BCUT2D eigenvalue weighted by Crippen LogP contribution is 2.15. The molecule has 0 amide bonds. The van der Waals surface area contributed by atoms with E-state index in [9.17, 15) is 0 Å². The summed E-state index contributed by atoms with van der Waals surface area (Å²) in [5.41, 5.74) is 3.67. The van der Waals surface area contributed by atoms with Crippen LogP contribution in [-0.4, -0.2) is 27.5 Å². The Morgan fingerprint density at radius 3 is 2.20 bits per heavy atom. The van der Waals surface area contributed by atoms with Crippen LogP contribution in [0, 0.1) is 13.8 Å². The Morgan fingerprint density at radius 2 is 1.70 bits per heavy atom. The number of rotatable bonds is 5. The molecule has 1 heterocycles. The van der Waals surface area contributed by atoms with E-state index >= 15 is 0 Å². The van der Waals surface area contributed by atoms with Gasteiger partial charge in [0, 0.05) is 23.3 Å². The molecule has 20 heavy (non-hydrogen) atoms. The summed E-state index contributed by atoms with van der Waals surface area (Å²) in [6.07, 6.45) is 0. The molecule has 116 valence electrons. The van der Waals surface area contributed by atoms with Gasteiger partial charge in [0.05, 0.1) is 24.4 Å². The van der Waals surface area contributed by atoms with E-state index in [-0.39, 0.29) is 11.1 Å². The molecule has 1 aromatic heterocycles. The Bertz CT molecular complexity index is 436. The molecular formula is C16H31N3O. The summed E-state index contributed by atoms with van der Waals surface area (Å²) in [5.74, 6) is 0. The summed E-state index contributed by atoms with van der Waals surface area (Å²) in [6, 6.07) is 0. The second-order valence-electron chi connectivity index (χ2n) is 7.44. The molecule has 4 heteroatoms. The van der Waals surface area contributed by atoms with Crippen LogP contribution in [0.25, 0.3) is 0 Å². The lowest BCUT2D eigenvalue weighted by atomic mass is 10.1. The van der Waals surface area contributed by atoms with Crippen LogP contribution in [0.1, 0.15) is 58.5 Å². The summed E-state index contributed by atoms with van der Waals surface area (Å²) >= 11 is 0. The Labute approximate surface area is 123 Å². The van der Waals surface area contributed by atoms with Crippen molar-refractivity contribution in [2.75, 3.05) is 6.61 Å². The van der Waals surface area contributed by atoms with Gasteiger partial charge in [0.2, 0.25) is 0 Å². The monoisotopic (exact) mass is 281 g/mol. The zero-order chi connectivity index (χ0) is 15.6. The van der Waals surface area contributed by atoms with Gasteiger partial charge in [-0.1, -0.05) is 0 Å². The first-order chi connectivity index (χ1) is 8.99. The Morgan fingerprint density at radius 1 is 1.10 bits per heavy atom. The lowest BCUT2D eigenvalue weighted by Crippen LogP contribution is -2.35. The van der Waals surface area contributed by atoms with E-state index in [1.165, 1.54) is 11.3 Å². The van der Waals surface area contributed by atoms with Gasteiger partial charge in [-0.3, -0.25) is 4.68 Å². The third kappa shape index (κ3) is 5.63. The van der Waals surface area contributed by atoms with Gasteiger partial charge < -0.3 is 10.1 Å². The normalized spacial score (nSPS) is 13.0. The highest BCUT2D eigenvalue weighted by molar-refractivity contribution is 5.24. The van der Waals surface area contributed by atoms with Gasteiger partial charge in [0.15, 0.2) is 0 Å². The molecule has 1 aromatic rings. The molecule has 0 bridgehead atoms. The molecule has 0 aliphatic heterocycles. The topological polar surface area (TPSA) is 39.1 Å². The van der Waals surface area contributed by atoms with Crippen molar-refractivity contribution in [3.05, 3.63) is 17.0 Å². The van der Waals surface area contributed by atoms with Crippen molar-refractivity contribution in [3.8, 4) is 0 Å². The Balaban J connectivity index is 2.67. The SMILES string of the molecule is Cc1nn(CCOC(C)(C)C)c(C)c1CNC(C)(C)C. The van der Waals surface area contributed by atoms with Crippen LogP contribution < -0.4 is 5.32 Å². The fraction of sp³-hybridized carbons (Fsp3) is 0.812. The van der Waals surface area contributed by atoms with Crippen LogP contribution in [0.15, 0.2) is 0 Å². The van der Waals surface area contributed by atoms with Gasteiger partial charge in [0.1, 0.15) is 0 Å². The minimum Gasteiger partial charge on any atom is -0.374 e. The minimum atomic E-state index is -0.0906. The van der Waals surface area contributed by atoms with E-state index in [2.05, 4.69) is 70.5 Å². The van der Waals surface area contributed by atoms with Crippen molar-refractivity contribution < 1.29 is 4.74 Å². The Kier molecular flexibility index (Phi) is 5.39. The average Bonchev–Trinajstić information content (AvgIpc) is 2.49. The Hall–Kier alpha value is -0.870. The van der Waals surface area contributed by atoms with Gasteiger partial charge in [-0.05, 0) is 55.4 Å². The highest BCUT2D eigenvalue weighted by atomic mass is 16.5. The smallest absolute Gasteiger partial charge is 0.0669 e. The van der Waals surface area contributed by atoms with E-state index < -0.39 is 0 Å². The molecule has 0 atom stereocenters. The maximum absolute atomic E-state index is 5.78. The second kappa shape index (κ2) is 6.27. The zero-order valence-corrected chi connectivity index (χ0v) is 14.4. The minimum absolute atomic E-state index is 0.0906. The largest absolute Gasteiger partial charge is 0.374 e. The highest BCUT2D eigenvalue weighted by Gasteiger charge is 2.16. The van der Waals surface area contributed by atoms with Crippen LogP contribution >= 0.6 is 0 Å². The number of nitrogens with one attached hydrogen (secondary N) is 1. The number of hydrogen-bond acceptors (Lipinski definition) is 3. The van der Waals surface area contributed by atoms with Crippen molar-refractivity contribution in [2.24, 2.45) is 0 Å². The molecule has 0 aromatic carbocycles. The molecule has 1 rings (SSSR count). The second-order valence-corrected chi connectivity index (χ2v) is 7.44. The lowest BCUT2D eigenvalue weighted by molar-refractivity contribution is -0.00811. The van der Waals surface area contributed by atoms with E-state index in [1.54, 1.807) is 0 Å². The number of ether oxygens (including phenoxy) is 1. The predicted octanol–water partition coefficient (Wildman–Crippen LogP) is 3.20. The zero-order valence-electron chi connectivity index (χ0n) is 14.4. The first-order valence-electron chi connectivity index (χ1n) is 7.41. The fourth-order valence-electron chi connectivity index (χ4n) is 2.00. The first-order valence-corrected chi connectivity index (χ1v) is 7.41. The molecule has 0 saturated carbocycles. The number of aryl methyl sites for hydroxylation is 1.